The van der Waals surface area contributed by atoms with E-state index >= 15 is 0 Å². The summed E-state index contributed by atoms with van der Waals surface area (Å²) >= 11 is 1.59. The lowest BCUT2D eigenvalue weighted by molar-refractivity contribution is 0.354. The van der Waals surface area contributed by atoms with Gasteiger partial charge in [0.2, 0.25) is 0 Å². The van der Waals surface area contributed by atoms with Crippen LogP contribution in [0.5, 0.6) is 11.5 Å². The van der Waals surface area contributed by atoms with Crippen molar-refractivity contribution in [2.45, 2.75) is 10.9 Å². The molecule has 0 spiro atoms. The first-order chi connectivity index (χ1) is 8.33. The number of ether oxygens (including phenoxy) is 2. The number of rotatable bonds is 5. The highest BCUT2D eigenvalue weighted by Crippen LogP contribution is 2.29. The molecule has 0 aliphatic heterocycles. The fraction of sp³-hybridized carbons (Fsp3) is 0.273. The fourth-order valence-electron chi connectivity index (χ4n) is 1.39. The maximum absolute atomic E-state index is 5.24. The lowest BCUT2D eigenvalue weighted by atomic mass is 10.2. The molecule has 0 radical (unpaired) electrons. The number of hydrogen-bond acceptors (Lipinski definition) is 5. The van der Waals surface area contributed by atoms with Gasteiger partial charge in [0, 0.05) is 5.75 Å². The molecule has 5 nitrogen and oxygen atoms in total. The van der Waals surface area contributed by atoms with Crippen LogP contribution in [0.4, 0.5) is 0 Å². The summed E-state index contributed by atoms with van der Waals surface area (Å²) in [5.41, 5.74) is 1.14. The third-order valence-electron chi connectivity index (χ3n) is 2.22. The minimum Gasteiger partial charge on any atom is -0.493 e. The van der Waals surface area contributed by atoms with Crippen LogP contribution in [0, 0.1) is 0 Å². The summed E-state index contributed by atoms with van der Waals surface area (Å²) in [5, 5.41) is 7.40. The monoisotopic (exact) mass is 251 g/mol. The van der Waals surface area contributed by atoms with Crippen molar-refractivity contribution in [3.63, 3.8) is 0 Å². The highest BCUT2D eigenvalue weighted by molar-refractivity contribution is 7.98. The third kappa shape index (κ3) is 2.91. The Morgan fingerprint density at radius 3 is 2.71 bits per heavy atom. The van der Waals surface area contributed by atoms with Gasteiger partial charge in [-0.15, -0.1) is 0 Å². The molecule has 0 atom stereocenters. The zero-order valence-corrected chi connectivity index (χ0v) is 10.5. The second-order valence-corrected chi connectivity index (χ2v) is 4.23. The maximum atomic E-state index is 5.24. The molecule has 1 N–H and O–H groups in total. The Morgan fingerprint density at radius 1 is 1.24 bits per heavy atom. The Hall–Kier alpha value is -1.69. The van der Waals surface area contributed by atoms with Gasteiger partial charge >= 0.3 is 0 Å². The second-order valence-electron chi connectivity index (χ2n) is 3.27. The van der Waals surface area contributed by atoms with Gasteiger partial charge in [-0.3, -0.25) is 5.10 Å². The van der Waals surface area contributed by atoms with Crippen LogP contribution in [0.2, 0.25) is 0 Å². The molecule has 6 heteroatoms. The molecule has 1 aromatic heterocycles. The summed E-state index contributed by atoms with van der Waals surface area (Å²) in [7, 11) is 3.26. The molecule has 17 heavy (non-hydrogen) atoms. The molecule has 0 saturated carbocycles. The minimum absolute atomic E-state index is 0.737. The van der Waals surface area contributed by atoms with E-state index in [9.17, 15) is 0 Å². The lowest BCUT2D eigenvalue weighted by Crippen LogP contribution is -1.92. The molecule has 0 unspecified atom stereocenters. The van der Waals surface area contributed by atoms with E-state index in [2.05, 4.69) is 15.2 Å². The van der Waals surface area contributed by atoms with Gasteiger partial charge in [-0.1, -0.05) is 17.8 Å². The highest BCUT2D eigenvalue weighted by Gasteiger charge is 2.05. The predicted molar refractivity (Wildman–Crippen MR) is 65.5 cm³/mol. The van der Waals surface area contributed by atoms with Crippen molar-refractivity contribution in [3.05, 3.63) is 30.1 Å². The SMILES string of the molecule is COc1ccc(CSc2ncn[nH]2)cc1OC. The number of nitrogens with zero attached hydrogens (tertiary/aromatic N) is 2. The van der Waals surface area contributed by atoms with Crippen LogP contribution >= 0.6 is 11.8 Å². The first-order valence-corrected chi connectivity index (χ1v) is 6.01. The average Bonchev–Trinajstić information content (AvgIpc) is 2.89. The van der Waals surface area contributed by atoms with Crippen molar-refractivity contribution in [2.24, 2.45) is 0 Å². The Bertz CT molecular complexity index is 474. The van der Waals surface area contributed by atoms with E-state index in [0.717, 1.165) is 28.0 Å². The quantitative estimate of drug-likeness (QED) is 0.825. The standard InChI is InChI=1S/C11H13N3O2S/c1-15-9-4-3-8(5-10(9)16-2)6-17-11-12-7-13-14-11/h3-5,7H,6H2,1-2H3,(H,12,13,14). The van der Waals surface area contributed by atoms with Crippen molar-refractivity contribution in [3.8, 4) is 11.5 Å². The third-order valence-corrected chi connectivity index (χ3v) is 3.16. The summed E-state index contributed by atoms with van der Waals surface area (Å²) in [6.45, 7) is 0. The van der Waals surface area contributed by atoms with Crippen LogP contribution in [0.3, 0.4) is 0 Å². The molecule has 0 amide bonds. The Kier molecular flexibility index (Phi) is 3.87. The molecule has 2 rings (SSSR count). The van der Waals surface area contributed by atoms with E-state index in [1.54, 1.807) is 26.0 Å². The van der Waals surface area contributed by atoms with Gasteiger partial charge in [0.1, 0.15) is 6.33 Å². The average molecular weight is 251 g/mol. The van der Waals surface area contributed by atoms with Gasteiger partial charge in [0.05, 0.1) is 14.2 Å². The van der Waals surface area contributed by atoms with Crippen LogP contribution in [0.1, 0.15) is 5.56 Å². The summed E-state index contributed by atoms with van der Waals surface area (Å²) in [6.07, 6.45) is 1.50. The first-order valence-electron chi connectivity index (χ1n) is 5.02. The zero-order valence-electron chi connectivity index (χ0n) is 9.64. The molecule has 90 valence electrons. The second kappa shape index (κ2) is 5.58. The summed E-state index contributed by atoms with van der Waals surface area (Å²) in [5.74, 6) is 2.28. The normalized spacial score (nSPS) is 10.2. The molecular formula is C11H13N3O2S. The van der Waals surface area contributed by atoms with Gasteiger partial charge in [-0.05, 0) is 17.7 Å². The smallest absolute Gasteiger partial charge is 0.183 e. The lowest BCUT2D eigenvalue weighted by Gasteiger charge is -2.08. The van der Waals surface area contributed by atoms with Crippen LogP contribution in [0.25, 0.3) is 0 Å². The van der Waals surface area contributed by atoms with Crippen molar-refractivity contribution in [1.82, 2.24) is 15.2 Å². The Labute approximate surface area is 104 Å². The van der Waals surface area contributed by atoms with Gasteiger partial charge in [-0.2, -0.15) is 5.10 Å². The number of aromatic amines is 1. The van der Waals surface area contributed by atoms with Crippen LogP contribution in [-0.4, -0.2) is 29.4 Å². The number of aromatic nitrogens is 3. The summed E-state index contributed by atoms with van der Waals surface area (Å²) in [4.78, 5) is 4.05. The molecule has 2 aromatic rings. The number of thioether (sulfide) groups is 1. The van der Waals surface area contributed by atoms with Crippen LogP contribution in [0.15, 0.2) is 29.7 Å². The topological polar surface area (TPSA) is 60.0 Å². The molecule has 1 aromatic carbocycles. The van der Waals surface area contributed by atoms with Crippen LogP contribution in [-0.2, 0) is 5.75 Å². The Morgan fingerprint density at radius 2 is 2.06 bits per heavy atom. The van der Waals surface area contributed by atoms with Gasteiger partial charge in [0.15, 0.2) is 16.7 Å². The van der Waals surface area contributed by atoms with E-state index in [1.807, 2.05) is 18.2 Å². The minimum atomic E-state index is 0.737. The number of H-pyrrole nitrogens is 1. The molecule has 0 fully saturated rings. The van der Waals surface area contributed by atoms with E-state index < -0.39 is 0 Å². The van der Waals surface area contributed by atoms with E-state index in [4.69, 9.17) is 9.47 Å². The van der Waals surface area contributed by atoms with Gasteiger partial charge in [-0.25, -0.2) is 4.98 Å². The van der Waals surface area contributed by atoms with E-state index in [0.29, 0.717) is 0 Å². The molecular weight excluding hydrogens is 238 g/mol. The molecule has 0 saturated heterocycles. The molecule has 1 heterocycles. The number of methoxy groups -OCH3 is 2. The number of hydrogen-bond donors (Lipinski definition) is 1. The van der Waals surface area contributed by atoms with E-state index in [-0.39, 0.29) is 0 Å². The predicted octanol–water partition coefficient (Wildman–Crippen LogP) is 2.11. The Balaban J connectivity index is 2.06. The zero-order chi connectivity index (χ0) is 12.1. The van der Waals surface area contributed by atoms with Crippen LogP contribution < -0.4 is 9.47 Å². The molecule has 0 aliphatic rings. The first kappa shape index (κ1) is 11.8. The summed E-state index contributed by atoms with van der Waals surface area (Å²) in [6, 6.07) is 5.86. The fourth-order valence-corrected chi connectivity index (χ4v) is 2.11. The summed E-state index contributed by atoms with van der Waals surface area (Å²) < 4.78 is 10.4. The van der Waals surface area contributed by atoms with Crippen molar-refractivity contribution >= 4 is 11.8 Å². The number of nitrogens with one attached hydrogen (secondary N) is 1. The number of benzene rings is 1. The highest BCUT2D eigenvalue weighted by atomic mass is 32.2. The maximum Gasteiger partial charge on any atom is 0.183 e. The van der Waals surface area contributed by atoms with Gasteiger partial charge in [0.25, 0.3) is 0 Å². The van der Waals surface area contributed by atoms with E-state index in [1.165, 1.54) is 6.33 Å². The van der Waals surface area contributed by atoms with Gasteiger partial charge < -0.3 is 9.47 Å². The molecule has 0 bridgehead atoms. The molecule has 0 aliphatic carbocycles. The van der Waals surface area contributed by atoms with Crippen molar-refractivity contribution in [1.29, 1.82) is 0 Å². The largest absolute Gasteiger partial charge is 0.493 e. The van der Waals surface area contributed by atoms with Crippen molar-refractivity contribution < 1.29 is 9.47 Å². The van der Waals surface area contributed by atoms with Crippen molar-refractivity contribution in [2.75, 3.05) is 14.2 Å².